The van der Waals surface area contributed by atoms with Crippen molar-refractivity contribution in [2.45, 2.75) is 91.5 Å². The molecule has 1 fully saturated rings. The second-order valence-electron chi connectivity index (χ2n) is 17.7. The van der Waals surface area contributed by atoms with Gasteiger partial charge in [0.25, 0.3) is 0 Å². The summed E-state index contributed by atoms with van der Waals surface area (Å²) in [7, 11) is 0. The minimum Gasteiger partial charge on any atom is -0.494 e. The molecule has 0 bridgehead atoms. The van der Waals surface area contributed by atoms with Crippen LogP contribution in [-0.4, -0.2) is 85.7 Å². The molecule has 3 aromatic carbocycles. The van der Waals surface area contributed by atoms with Crippen molar-refractivity contribution in [3.63, 3.8) is 0 Å². The number of thiazole rings is 1. The fourth-order valence-corrected chi connectivity index (χ4v) is 8.77. The van der Waals surface area contributed by atoms with Crippen molar-refractivity contribution in [1.82, 2.24) is 30.5 Å². The number of ether oxygens (including phenoxy) is 1. The summed E-state index contributed by atoms with van der Waals surface area (Å²) in [5.74, 6) is -4.29. The van der Waals surface area contributed by atoms with Gasteiger partial charge in [0.05, 0.1) is 40.0 Å². The molecular weight excluding hydrogens is 881 g/mol. The molecule has 1 saturated heterocycles. The largest absolute Gasteiger partial charge is 0.494 e. The molecule has 3 atom stereocenters. The molecule has 6 aromatic rings. The number of carbonyl (C=O) groups is 5. The number of hydrogen-bond donors (Lipinski definition) is 5. The highest BCUT2D eigenvalue weighted by atomic mass is 32.1. The van der Waals surface area contributed by atoms with Gasteiger partial charge in [0.15, 0.2) is 5.82 Å². The topological polar surface area (TPSA) is 196 Å². The van der Waals surface area contributed by atoms with Gasteiger partial charge in [0.1, 0.15) is 29.3 Å². The third-order valence-electron chi connectivity index (χ3n) is 11.6. The number of benzene rings is 3. The Labute approximate surface area is 390 Å². The van der Waals surface area contributed by atoms with Gasteiger partial charge in [-0.05, 0) is 72.2 Å². The first kappa shape index (κ1) is 48.1. The lowest BCUT2D eigenvalue weighted by Crippen LogP contribution is -2.57. The zero-order valence-electron chi connectivity index (χ0n) is 37.9. The van der Waals surface area contributed by atoms with Crippen molar-refractivity contribution in [1.29, 1.82) is 0 Å². The summed E-state index contributed by atoms with van der Waals surface area (Å²) in [6.45, 7) is 9.61. The molecule has 67 heavy (non-hydrogen) atoms. The first-order chi connectivity index (χ1) is 32.0. The second-order valence-corrected chi connectivity index (χ2v) is 18.5. The van der Waals surface area contributed by atoms with E-state index < -0.39 is 58.4 Å². The Morgan fingerprint density at radius 2 is 1.69 bits per heavy atom. The van der Waals surface area contributed by atoms with E-state index in [-0.39, 0.29) is 62.0 Å². The third-order valence-corrected chi connectivity index (χ3v) is 12.5. The average molecular weight is 934 g/mol. The van der Waals surface area contributed by atoms with Crippen LogP contribution in [0.2, 0.25) is 0 Å². The Morgan fingerprint density at radius 3 is 2.37 bits per heavy atom. The van der Waals surface area contributed by atoms with Gasteiger partial charge in [-0.3, -0.25) is 24.0 Å². The maximum atomic E-state index is 15.5. The summed E-state index contributed by atoms with van der Waals surface area (Å²) in [5, 5.41) is 19.1. The van der Waals surface area contributed by atoms with Crippen molar-refractivity contribution in [2.24, 2.45) is 5.41 Å². The number of pyridine rings is 1. The van der Waals surface area contributed by atoms with E-state index in [0.29, 0.717) is 35.2 Å². The van der Waals surface area contributed by atoms with Crippen molar-refractivity contribution in [3.05, 3.63) is 119 Å². The number of aliphatic hydroxyl groups is 1. The van der Waals surface area contributed by atoms with Crippen LogP contribution in [-0.2, 0) is 25.7 Å². The van der Waals surface area contributed by atoms with Crippen LogP contribution in [0.15, 0.2) is 84.6 Å². The molecule has 0 spiro atoms. The molecule has 0 aliphatic carbocycles. The van der Waals surface area contributed by atoms with E-state index in [2.05, 4.69) is 30.9 Å². The number of aliphatic hydroxyl groups excluding tert-OH is 1. The van der Waals surface area contributed by atoms with Crippen LogP contribution >= 0.6 is 11.3 Å². The van der Waals surface area contributed by atoms with E-state index in [4.69, 9.17) is 4.74 Å². The minimum absolute atomic E-state index is 0.0000867. The van der Waals surface area contributed by atoms with Crippen molar-refractivity contribution in [3.8, 4) is 27.3 Å². The predicted octanol–water partition coefficient (Wildman–Crippen LogP) is 7.88. The Balaban J connectivity index is 0.918. The number of halogens is 2. The van der Waals surface area contributed by atoms with Gasteiger partial charge in [0, 0.05) is 61.3 Å². The highest BCUT2D eigenvalue weighted by Crippen LogP contribution is 2.32. The number of anilines is 1. The number of ketones is 1. The Bertz CT molecular complexity index is 2790. The van der Waals surface area contributed by atoms with Crippen molar-refractivity contribution in [2.75, 3.05) is 18.5 Å². The van der Waals surface area contributed by atoms with Gasteiger partial charge in [-0.15, -0.1) is 11.3 Å². The number of carbonyl (C=O) groups excluding carboxylic acids is 5. The van der Waals surface area contributed by atoms with E-state index in [1.807, 2.05) is 52.0 Å². The SMILES string of the molecule is CCCC(=O)Nc1ccc(F)c(C(=O)c2c[nH]c3ncc(-c4ccc(OCCCC(=O)NC(C(=O)N5C[C@H](O)C[C@H]5C(=O)NCc5ccc(-c6scnc6C)cc5)C(C)(C)C)cc4)cc23)c1F. The molecule has 14 nitrogen and oxygen atoms in total. The van der Waals surface area contributed by atoms with E-state index in [9.17, 15) is 33.5 Å². The summed E-state index contributed by atoms with van der Waals surface area (Å²) in [6.07, 6.45) is 3.17. The lowest BCUT2D eigenvalue weighted by molar-refractivity contribution is -0.144. The Hall–Kier alpha value is -6.85. The van der Waals surface area contributed by atoms with Crippen LogP contribution < -0.4 is 20.7 Å². The molecular formula is C50H53F2N7O7S. The van der Waals surface area contributed by atoms with Crippen LogP contribution in [0.25, 0.3) is 32.6 Å². The third kappa shape index (κ3) is 11.2. The molecule has 1 aliphatic heterocycles. The highest BCUT2D eigenvalue weighted by molar-refractivity contribution is 7.13. The van der Waals surface area contributed by atoms with E-state index >= 15 is 4.39 Å². The van der Waals surface area contributed by atoms with Crippen LogP contribution in [0.3, 0.4) is 0 Å². The summed E-state index contributed by atoms with van der Waals surface area (Å²) < 4.78 is 36.3. The molecule has 4 heterocycles. The van der Waals surface area contributed by atoms with Gasteiger partial charge in [-0.1, -0.05) is 64.1 Å². The smallest absolute Gasteiger partial charge is 0.246 e. The molecule has 4 amide bonds. The highest BCUT2D eigenvalue weighted by Gasteiger charge is 2.44. The number of amides is 4. The summed E-state index contributed by atoms with van der Waals surface area (Å²) in [6, 6.07) is 16.7. The monoisotopic (exact) mass is 933 g/mol. The molecule has 0 radical (unpaired) electrons. The molecule has 7 rings (SSSR count). The first-order valence-electron chi connectivity index (χ1n) is 22.1. The average Bonchev–Trinajstić information content (AvgIpc) is 4.05. The standard InChI is InChI=1S/C50H53F2N7O7S/c1-6-8-40(61)57-38-19-18-37(51)42(43(38)52)44(63)36-25-54-47-35(36)21-32(24-53-47)30-14-16-34(17-15-30)66-20-7-9-41(62)58-46(50(3,4)5)49(65)59-26-33(60)22-39(59)48(64)55-23-29-10-12-31(13-11-29)45-28(2)56-27-67-45/h10-19,21,24-25,27,33,39,46,60H,6-9,20,22-23,26H2,1-5H3,(H,53,54)(H,55,64)(H,57,61)(H,58,62)/t33-,39+,46?/m1/s1. The number of β-amino-alcohol motifs (C(OH)–C–C–N with tert-alkyl or cyclic N) is 1. The maximum Gasteiger partial charge on any atom is 0.246 e. The molecule has 17 heteroatoms. The number of nitrogens with zero attached hydrogens (tertiary/aromatic N) is 3. The van der Waals surface area contributed by atoms with Gasteiger partial charge in [0.2, 0.25) is 29.4 Å². The number of hydrogen-bond acceptors (Lipinski definition) is 10. The minimum atomic E-state index is -1.17. The fourth-order valence-electron chi connectivity index (χ4n) is 7.96. The van der Waals surface area contributed by atoms with Gasteiger partial charge < -0.3 is 35.7 Å². The maximum absolute atomic E-state index is 15.5. The van der Waals surface area contributed by atoms with E-state index in [1.54, 1.807) is 60.3 Å². The fraction of sp³-hybridized carbons (Fsp3) is 0.340. The quantitative estimate of drug-likeness (QED) is 0.0447. The van der Waals surface area contributed by atoms with Crippen LogP contribution in [0, 0.1) is 24.0 Å². The normalized spacial score (nSPS) is 15.3. The van der Waals surface area contributed by atoms with Crippen LogP contribution in [0.1, 0.15) is 87.0 Å². The number of nitrogens with one attached hydrogen (secondary N) is 4. The molecule has 3 aromatic heterocycles. The molecule has 5 N–H and O–H groups in total. The Kier molecular flexibility index (Phi) is 14.9. The first-order valence-corrected chi connectivity index (χ1v) is 23.0. The number of aromatic nitrogens is 3. The van der Waals surface area contributed by atoms with E-state index in [1.165, 1.54) is 11.1 Å². The van der Waals surface area contributed by atoms with Crippen molar-refractivity contribution < 1.29 is 42.6 Å². The van der Waals surface area contributed by atoms with E-state index in [0.717, 1.165) is 39.4 Å². The summed E-state index contributed by atoms with van der Waals surface area (Å²) >= 11 is 1.56. The summed E-state index contributed by atoms with van der Waals surface area (Å²) in [5.41, 5.74) is 4.53. The lowest BCUT2D eigenvalue weighted by atomic mass is 9.85. The number of fused-ring (bicyclic) bond motifs is 1. The zero-order chi connectivity index (χ0) is 48.0. The Morgan fingerprint density at radius 1 is 0.955 bits per heavy atom. The zero-order valence-corrected chi connectivity index (χ0v) is 38.7. The lowest BCUT2D eigenvalue weighted by Gasteiger charge is -2.35. The molecule has 0 saturated carbocycles. The predicted molar refractivity (Wildman–Crippen MR) is 251 cm³/mol. The number of rotatable bonds is 17. The van der Waals surface area contributed by atoms with Gasteiger partial charge in [-0.2, -0.15) is 0 Å². The van der Waals surface area contributed by atoms with Gasteiger partial charge in [-0.25, -0.2) is 18.7 Å². The number of H-pyrrole nitrogens is 1. The van der Waals surface area contributed by atoms with Crippen LogP contribution in [0.4, 0.5) is 14.5 Å². The number of likely N-dealkylation sites (tertiary alicyclic amines) is 1. The van der Waals surface area contributed by atoms with Gasteiger partial charge >= 0.3 is 0 Å². The summed E-state index contributed by atoms with van der Waals surface area (Å²) in [4.78, 5) is 80.5. The number of aryl methyl sites for hydroxylation is 1. The number of aromatic amines is 1. The van der Waals surface area contributed by atoms with Crippen molar-refractivity contribution >= 4 is 57.5 Å². The van der Waals surface area contributed by atoms with Crippen LogP contribution in [0.5, 0.6) is 5.75 Å². The molecule has 1 aliphatic rings. The second kappa shape index (κ2) is 20.8. The molecule has 1 unspecified atom stereocenters. The molecule has 350 valence electrons.